The number of nitrogens with zero attached hydrogens (tertiary/aromatic N) is 2. The van der Waals surface area contributed by atoms with Gasteiger partial charge in [0.1, 0.15) is 0 Å². The lowest BCUT2D eigenvalue weighted by molar-refractivity contribution is 0.0141. The van der Waals surface area contributed by atoms with Crippen LogP contribution in [0.3, 0.4) is 0 Å². The third kappa shape index (κ3) is 1.87. The van der Waals surface area contributed by atoms with Crippen molar-refractivity contribution in [3.8, 4) is 6.07 Å². The molecule has 0 N–H and O–H groups in total. The van der Waals surface area contributed by atoms with E-state index in [1.54, 1.807) is 11.9 Å². The molecule has 0 spiro atoms. The molecule has 1 saturated heterocycles. The highest BCUT2D eigenvalue weighted by molar-refractivity contribution is 4.93. The Bertz CT molecular complexity index is 185. The molecule has 0 aromatic carbocycles. The zero-order chi connectivity index (χ0) is 8.48. The van der Waals surface area contributed by atoms with Crippen molar-refractivity contribution in [1.29, 1.82) is 5.26 Å². The van der Waals surface area contributed by atoms with Gasteiger partial charge in [-0.25, -0.2) is 8.78 Å². The van der Waals surface area contributed by atoms with Crippen LogP contribution in [0, 0.1) is 11.3 Å². The van der Waals surface area contributed by atoms with Gasteiger partial charge in [-0.05, 0) is 7.05 Å². The summed E-state index contributed by atoms with van der Waals surface area (Å²) in [5.41, 5.74) is 0. The topological polar surface area (TPSA) is 27.0 Å². The first kappa shape index (κ1) is 8.41. The summed E-state index contributed by atoms with van der Waals surface area (Å²) >= 11 is 0. The van der Waals surface area contributed by atoms with Gasteiger partial charge < -0.3 is 0 Å². The number of rotatable bonds is 1. The molecule has 0 saturated carbocycles. The molecule has 2 nitrogen and oxygen atoms in total. The van der Waals surface area contributed by atoms with Crippen LogP contribution >= 0.6 is 0 Å². The van der Waals surface area contributed by atoms with Crippen molar-refractivity contribution in [3.05, 3.63) is 0 Å². The van der Waals surface area contributed by atoms with Crippen LogP contribution in [0.15, 0.2) is 0 Å². The average molecular weight is 160 g/mol. The van der Waals surface area contributed by atoms with E-state index < -0.39 is 5.92 Å². The van der Waals surface area contributed by atoms with E-state index in [2.05, 4.69) is 0 Å². The summed E-state index contributed by atoms with van der Waals surface area (Å²) in [6, 6.07) is 1.65. The Kier molecular flexibility index (Phi) is 2.10. The zero-order valence-electron chi connectivity index (χ0n) is 6.35. The Labute approximate surface area is 64.4 Å². The fourth-order valence-electron chi connectivity index (χ4n) is 1.39. The van der Waals surface area contributed by atoms with Crippen molar-refractivity contribution in [2.45, 2.75) is 24.8 Å². The molecule has 4 heteroatoms. The molecular weight excluding hydrogens is 150 g/mol. The third-order valence-electron chi connectivity index (χ3n) is 1.97. The normalized spacial score (nSPS) is 30.2. The van der Waals surface area contributed by atoms with Crippen LogP contribution < -0.4 is 0 Å². The van der Waals surface area contributed by atoms with Gasteiger partial charge >= 0.3 is 0 Å². The monoisotopic (exact) mass is 160 g/mol. The maximum Gasteiger partial charge on any atom is 0.262 e. The predicted octanol–water partition coefficient (Wildman–Crippen LogP) is 1.24. The molecule has 1 rings (SSSR count). The summed E-state index contributed by atoms with van der Waals surface area (Å²) in [5.74, 6) is -2.59. The van der Waals surface area contributed by atoms with Gasteiger partial charge in [0.05, 0.1) is 19.0 Å². The summed E-state index contributed by atoms with van der Waals surface area (Å²) in [6.07, 6.45) is 0.0309. The lowest BCUT2D eigenvalue weighted by Gasteiger charge is -2.13. The standard InChI is InChI=1S/C7H10F2N2/c1-11-5-7(8,9)4-6(11)2-3-10/h6H,2,4-5H2,1H3. The fourth-order valence-corrected chi connectivity index (χ4v) is 1.39. The minimum Gasteiger partial charge on any atom is -0.296 e. The van der Waals surface area contributed by atoms with Crippen LogP contribution in [0.25, 0.3) is 0 Å². The van der Waals surface area contributed by atoms with Gasteiger partial charge in [0, 0.05) is 12.5 Å². The first-order valence-corrected chi connectivity index (χ1v) is 3.50. The van der Waals surface area contributed by atoms with Crippen molar-refractivity contribution in [1.82, 2.24) is 4.90 Å². The molecule has 0 aromatic rings. The van der Waals surface area contributed by atoms with Crippen molar-refractivity contribution in [3.63, 3.8) is 0 Å². The van der Waals surface area contributed by atoms with E-state index in [4.69, 9.17) is 5.26 Å². The van der Waals surface area contributed by atoms with Gasteiger partial charge in [0.25, 0.3) is 5.92 Å². The van der Waals surface area contributed by atoms with Crippen molar-refractivity contribution in [2.75, 3.05) is 13.6 Å². The van der Waals surface area contributed by atoms with Crippen molar-refractivity contribution >= 4 is 0 Å². The molecule has 1 fully saturated rings. The van der Waals surface area contributed by atoms with Crippen LogP contribution in [0.1, 0.15) is 12.8 Å². The largest absolute Gasteiger partial charge is 0.296 e. The molecule has 0 amide bonds. The van der Waals surface area contributed by atoms with E-state index in [-0.39, 0.29) is 25.4 Å². The second kappa shape index (κ2) is 2.74. The molecule has 1 atom stereocenters. The lowest BCUT2D eigenvalue weighted by atomic mass is 10.1. The molecule has 1 aliphatic heterocycles. The average Bonchev–Trinajstić information content (AvgIpc) is 2.07. The summed E-state index contributed by atoms with van der Waals surface area (Å²) in [6.45, 7) is -0.209. The molecule has 1 heterocycles. The Hall–Kier alpha value is -0.690. The number of hydrogen-bond acceptors (Lipinski definition) is 2. The Morgan fingerprint density at radius 2 is 2.36 bits per heavy atom. The molecule has 62 valence electrons. The number of halogens is 2. The fraction of sp³-hybridized carbons (Fsp3) is 0.857. The highest BCUT2D eigenvalue weighted by atomic mass is 19.3. The van der Waals surface area contributed by atoms with Crippen LogP contribution in [0.4, 0.5) is 8.78 Å². The number of alkyl halides is 2. The van der Waals surface area contributed by atoms with Gasteiger partial charge in [-0.2, -0.15) is 5.26 Å². The lowest BCUT2D eigenvalue weighted by Crippen LogP contribution is -2.25. The Balaban J connectivity index is 2.53. The van der Waals surface area contributed by atoms with Gasteiger partial charge in [0.2, 0.25) is 0 Å². The first-order valence-electron chi connectivity index (χ1n) is 3.50. The summed E-state index contributed by atoms with van der Waals surface area (Å²) in [4.78, 5) is 1.54. The minimum atomic E-state index is -2.59. The third-order valence-corrected chi connectivity index (χ3v) is 1.97. The second-order valence-electron chi connectivity index (χ2n) is 2.99. The van der Waals surface area contributed by atoms with Gasteiger partial charge in [-0.1, -0.05) is 0 Å². The van der Waals surface area contributed by atoms with E-state index in [1.807, 2.05) is 6.07 Å². The van der Waals surface area contributed by atoms with E-state index in [0.717, 1.165) is 0 Å². The molecule has 1 unspecified atom stereocenters. The number of nitriles is 1. The second-order valence-corrected chi connectivity index (χ2v) is 2.99. The van der Waals surface area contributed by atoms with Crippen molar-refractivity contribution < 1.29 is 8.78 Å². The van der Waals surface area contributed by atoms with Crippen molar-refractivity contribution in [2.24, 2.45) is 0 Å². The number of likely N-dealkylation sites (tertiary alicyclic amines) is 1. The maximum absolute atomic E-state index is 12.6. The Morgan fingerprint density at radius 1 is 1.73 bits per heavy atom. The zero-order valence-corrected chi connectivity index (χ0v) is 6.35. The van der Waals surface area contributed by atoms with Crippen LogP contribution in [-0.4, -0.2) is 30.5 Å². The SMILES string of the molecule is CN1CC(F)(F)CC1CC#N. The van der Waals surface area contributed by atoms with E-state index in [9.17, 15) is 8.78 Å². The molecule has 1 aliphatic rings. The quantitative estimate of drug-likeness (QED) is 0.577. The van der Waals surface area contributed by atoms with E-state index in [1.165, 1.54) is 0 Å². The molecule has 0 aromatic heterocycles. The molecule has 0 bridgehead atoms. The molecule has 11 heavy (non-hydrogen) atoms. The summed E-state index contributed by atoms with van der Waals surface area (Å²) < 4.78 is 25.2. The van der Waals surface area contributed by atoms with E-state index in [0.29, 0.717) is 0 Å². The highest BCUT2D eigenvalue weighted by Crippen LogP contribution is 2.31. The molecule has 0 aliphatic carbocycles. The number of hydrogen-bond donors (Lipinski definition) is 0. The first-order chi connectivity index (χ1) is 5.05. The van der Waals surface area contributed by atoms with Gasteiger partial charge in [0.15, 0.2) is 0 Å². The van der Waals surface area contributed by atoms with Gasteiger partial charge in [-0.3, -0.25) is 4.90 Å². The molecule has 0 radical (unpaired) electrons. The summed E-state index contributed by atoms with van der Waals surface area (Å²) in [7, 11) is 1.63. The predicted molar refractivity (Wildman–Crippen MR) is 36.2 cm³/mol. The minimum absolute atomic E-state index is 0.170. The smallest absolute Gasteiger partial charge is 0.262 e. The molecular formula is C7H10F2N2. The van der Waals surface area contributed by atoms with E-state index >= 15 is 0 Å². The van der Waals surface area contributed by atoms with Crippen LogP contribution in [0.2, 0.25) is 0 Å². The van der Waals surface area contributed by atoms with Crippen LogP contribution in [-0.2, 0) is 0 Å². The maximum atomic E-state index is 12.6. The highest BCUT2D eigenvalue weighted by Gasteiger charge is 2.42. The summed E-state index contributed by atoms with van der Waals surface area (Å²) in [5, 5.41) is 8.29. The van der Waals surface area contributed by atoms with Gasteiger partial charge in [-0.15, -0.1) is 0 Å². The van der Waals surface area contributed by atoms with Crippen LogP contribution in [0.5, 0.6) is 0 Å². The Morgan fingerprint density at radius 3 is 2.73 bits per heavy atom.